The van der Waals surface area contributed by atoms with Crippen molar-refractivity contribution < 1.29 is 119 Å². The molecular weight excluding hydrogens is 1540 g/mol. The second-order valence-electron chi connectivity index (χ2n) is 21.4. The number of hydrogen-bond donors (Lipinski definition) is 12. The lowest BCUT2D eigenvalue weighted by Crippen LogP contribution is -2.00. The first kappa shape index (κ1) is 76.4. The third kappa shape index (κ3) is 18.3. The topological polar surface area (TPSA) is 551 Å². The van der Waals surface area contributed by atoms with Crippen molar-refractivity contribution in [3.63, 3.8) is 0 Å². The van der Waals surface area contributed by atoms with Gasteiger partial charge in [0.05, 0.1) is 51.7 Å². The molecule has 11 rings (SSSR count). The van der Waals surface area contributed by atoms with Crippen molar-refractivity contribution in [1.82, 2.24) is 0 Å². The first-order chi connectivity index (χ1) is 50.7. The minimum absolute atomic E-state index is 0.00777. The van der Waals surface area contributed by atoms with Crippen LogP contribution in [-0.4, -0.2) is 95.5 Å². The minimum atomic E-state index is -5.31. The summed E-state index contributed by atoms with van der Waals surface area (Å²) in [5, 5.41) is 117. The molecule has 0 radical (unpaired) electrons. The number of phenols is 4. The van der Waals surface area contributed by atoms with Gasteiger partial charge in [-0.05, 0) is 144 Å². The molecule has 0 aromatic heterocycles. The fourth-order valence-corrected chi connectivity index (χ4v) is 13.1. The molecule has 0 aliphatic carbocycles. The van der Waals surface area contributed by atoms with Crippen LogP contribution in [0.4, 0.5) is 68.2 Å². The van der Waals surface area contributed by atoms with Crippen molar-refractivity contribution in [1.29, 1.82) is 0 Å². The van der Waals surface area contributed by atoms with Crippen LogP contribution in [0.1, 0.15) is 12.0 Å². The predicted molar refractivity (Wildman–Crippen MR) is 383 cm³/mol. The highest BCUT2D eigenvalue weighted by molar-refractivity contribution is 7.94. The summed E-state index contributed by atoms with van der Waals surface area (Å²) in [7, 11) is -10.1. The van der Waals surface area contributed by atoms with E-state index in [0.29, 0.717) is 23.3 Å². The van der Waals surface area contributed by atoms with E-state index in [1.807, 2.05) is 0 Å². The molecule has 0 bridgehead atoms. The van der Waals surface area contributed by atoms with Gasteiger partial charge < -0.3 is 43.0 Å². The van der Waals surface area contributed by atoms with Gasteiger partial charge in [-0.3, -0.25) is 22.8 Å². The molecule has 0 aliphatic heterocycles. The fraction of sp³-hybridized carbons (Fsp3) is 0.0645. The van der Waals surface area contributed by atoms with Crippen molar-refractivity contribution in [3.8, 4) is 46.0 Å². The van der Waals surface area contributed by atoms with E-state index in [4.69, 9.17) is 27.8 Å². The molecule has 0 fully saturated rings. The molecule has 548 valence electrons. The molecule has 3 atom stereocenters. The fourth-order valence-electron chi connectivity index (χ4n) is 10.2. The SMILES string of the molecule is Cc1cc(N=Nc2c(OS(=O)O)cc3cc(N=Nc4c(Nc5ccccc5)ccc5c(O)c(N=Nc6ccc7c(O)c(N=Nc8ccccc8S(=O)(=O)O)c(SOOO)cc7c6)c(S(=O)(=O)O)cc45)ccc3c2O)c(OCCCSOOO)cc1N=Nc1cc(OS(=O)O)cc2cc(OS(=O)O)cc(O)c12. The van der Waals surface area contributed by atoms with Gasteiger partial charge in [-0.15, -0.1) is 44.5 Å². The Labute approximate surface area is 611 Å². The maximum Gasteiger partial charge on any atom is 0.357 e. The Morgan fingerprint density at radius 1 is 0.472 bits per heavy atom. The number of azo groups is 5. The molecule has 0 saturated carbocycles. The highest BCUT2D eigenvalue weighted by atomic mass is 32.2. The van der Waals surface area contributed by atoms with Crippen LogP contribution in [0.15, 0.2) is 224 Å². The standard InChI is InChI=1S/C62H47N11O26S7/c1-31-20-47(50(92-18-7-19-100-98-96-78)30-46(31)67-69-48-27-38(93-102(80)81)23-34-24-39(94-103(82)83)28-49(74)55(34)48)68-71-57-51(95-104(84)85)25-32-21-36(12-14-40(32)60(57)75)64-70-56-43-29-54(106(89,90)91)59(62(77)42(43)16-17-45(56)63-35-8-3-2-4-9-35)73-65-37-13-15-41-33(22-37)26-52(101-99-97-79)58(61(41)76)72-66-44-10-5-6-11-53(44)105(86,87)88/h2-6,8-17,20-30,63,74-79H,7,18-19H2,1H3,(H,80,81)(H,82,83)(H,84,85)(H,86,87,88)(H,89,90,91). The van der Waals surface area contributed by atoms with E-state index in [9.17, 15) is 72.7 Å². The van der Waals surface area contributed by atoms with Crippen molar-refractivity contribution in [2.75, 3.05) is 17.7 Å². The normalized spacial score (nSPS) is 13.2. The van der Waals surface area contributed by atoms with Crippen LogP contribution in [-0.2, 0) is 73.1 Å². The average Bonchev–Trinajstić information content (AvgIpc) is 0.761. The molecule has 37 nitrogen and oxygen atoms in total. The molecule has 11 aromatic rings. The number of nitrogens with zero attached hydrogens (tertiary/aromatic N) is 10. The highest BCUT2D eigenvalue weighted by Crippen LogP contribution is 2.51. The second kappa shape index (κ2) is 33.6. The number of anilines is 2. The monoisotopic (exact) mass is 1590 g/mol. The summed E-state index contributed by atoms with van der Waals surface area (Å²) < 4.78 is 166. The van der Waals surface area contributed by atoms with E-state index in [0.717, 1.165) is 30.2 Å². The average molecular weight is 1590 g/mol. The summed E-state index contributed by atoms with van der Waals surface area (Å²) in [6, 6.07) is 35.6. The summed E-state index contributed by atoms with van der Waals surface area (Å²) in [6.07, 6.45) is 0.270. The van der Waals surface area contributed by atoms with Gasteiger partial charge in [-0.25, -0.2) is 10.5 Å². The number of phenolic OH excluding ortho intramolecular Hbond substituents is 4. The van der Waals surface area contributed by atoms with Gasteiger partial charge in [0.1, 0.15) is 66.9 Å². The van der Waals surface area contributed by atoms with Gasteiger partial charge in [-0.2, -0.15) is 44.8 Å². The zero-order valence-corrected chi connectivity index (χ0v) is 58.7. The molecular formula is C62H47N11O26S7. The maximum atomic E-state index is 13.4. The largest absolute Gasteiger partial charge is 0.507 e. The molecule has 3 unspecified atom stereocenters. The number of para-hydroxylation sites is 1. The van der Waals surface area contributed by atoms with Crippen LogP contribution in [0.5, 0.6) is 46.0 Å². The third-order valence-corrected chi connectivity index (χ3v) is 18.6. The number of fused-ring (bicyclic) bond motifs is 4. The molecule has 0 aliphatic rings. The van der Waals surface area contributed by atoms with Crippen LogP contribution >= 0.6 is 24.1 Å². The van der Waals surface area contributed by atoms with Gasteiger partial charge in [0, 0.05) is 63.2 Å². The van der Waals surface area contributed by atoms with Gasteiger partial charge in [0.15, 0.2) is 28.7 Å². The van der Waals surface area contributed by atoms with Crippen LogP contribution in [0.3, 0.4) is 0 Å². The first-order valence-corrected chi connectivity index (χ1v) is 36.9. The molecule has 0 heterocycles. The number of nitrogens with one attached hydrogen (secondary N) is 1. The number of aryl methyl sites for hydroxylation is 1. The quantitative estimate of drug-likeness (QED) is 0.00378. The Morgan fingerprint density at radius 2 is 1.04 bits per heavy atom. The molecule has 12 N–H and O–H groups in total. The molecule has 0 amide bonds. The number of hydrogen-bond acceptors (Lipinski definition) is 34. The van der Waals surface area contributed by atoms with E-state index in [-0.39, 0.29) is 135 Å². The lowest BCUT2D eigenvalue weighted by Gasteiger charge is -2.14. The lowest BCUT2D eigenvalue weighted by molar-refractivity contribution is -0.432. The number of ether oxygens (including phenoxy) is 1. The van der Waals surface area contributed by atoms with Crippen LogP contribution in [0.2, 0.25) is 0 Å². The summed E-state index contributed by atoms with van der Waals surface area (Å²) >= 11 is -7.61. The van der Waals surface area contributed by atoms with E-state index in [1.165, 1.54) is 109 Å². The van der Waals surface area contributed by atoms with Crippen LogP contribution < -0.4 is 22.6 Å². The lowest BCUT2D eigenvalue weighted by atomic mass is 10.0. The summed E-state index contributed by atoms with van der Waals surface area (Å²) in [5.74, 6) is -3.30. The van der Waals surface area contributed by atoms with Crippen LogP contribution in [0.25, 0.3) is 43.1 Å². The predicted octanol–water partition coefficient (Wildman–Crippen LogP) is 17.6. The van der Waals surface area contributed by atoms with E-state index in [2.05, 4.69) is 75.2 Å². The number of benzene rings is 11. The van der Waals surface area contributed by atoms with Crippen molar-refractivity contribution >= 4 is 190 Å². The van der Waals surface area contributed by atoms with E-state index >= 15 is 0 Å². The Balaban J connectivity index is 0.941. The maximum absolute atomic E-state index is 13.4. The van der Waals surface area contributed by atoms with Gasteiger partial charge >= 0.3 is 34.1 Å². The third-order valence-electron chi connectivity index (χ3n) is 14.7. The van der Waals surface area contributed by atoms with Crippen molar-refractivity contribution in [2.45, 2.75) is 28.0 Å². The Hall–Kier alpha value is -10.7. The minimum Gasteiger partial charge on any atom is -0.507 e. The van der Waals surface area contributed by atoms with Gasteiger partial charge in [0.2, 0.25) is 0 Å². The summed E-state index contributed by atoms with van der Waals surface area (Å²) in [5.41, 5.74) is -0.987. The zero-order chi connectivity index (χ0) is 75.6. The van der Waals surface area contributed by atoms with E-state index in [1.54, 1.807) is 37.3 Å². The highest BCUT2D eigenvalue weighted by Gasteiger charge is 2.27. The Kier molecular flexibility index (Phi) is 24.2. The first-order valence-electron chi connectivity index (χ1n) is 29.3. The second-order valence-corrected chi connectivity index (χ2v) is 27.5. The molecule has 11 aromatic carbocycles. The molecule has 106 heavy (non-hydrogen) atoms. The Bertz CT molecular complexity index is 5750. The number of rotatable bonds is 30. The van der Waals surface area contributed by atoms with Gasteiger partial charge in [0.25, 0.3) is 20.2 Å². The Morgan fingerprint density at radius 3 is 1.70 bits per heavy atom. The molecule has 44 heteroatoms. The molecule has 0 spiro atoms. The summed E-state index contributed by atoms with van der Waals surface area (Å²) in [6.45, 7) is 1.53. The van der Waals surface area contributed by atoms with Gasteiger partial charge in [-0.1, -0.05) is 40.4 Å². The van der Waals surface area contributed by atoms with Crippen LogP contribution in [0, 0.1) is 6.92 Å². The number of aromatic hydroxyl groups is 4. The van der Waals surface area contributed by atoms with E-state index < -0.39 is 104 Å². The summed E-state index contributed by atoms with van der Waals surface area (Å²) in [4.78, 5) is -1.65. The molecule has 0 saturated heterocycles. The van der Waals surface area contributed by atoms with Crippen molar-refractivity contribution in [3.05, 3.63) is 163 Å². The smallest absolute Gasteiger partial charge is 0.357 e. The zero-order valence-electron chi connectivity index (χ0n) is 53.0. The van der Waals surface area contributed by atoms with Crippen molar-refractivity contribution in [2.24, 2.45) is 51.1 Å².